The Morgan fingerprint density at radius 1 is 1.31 bits per heavy atom. The second-order valence-electron chi connectivity index (χ2n) is 6.51. The molecule has 1 aromatic heterocycles. The molecule has 2 N–H and O–H groups in total. The van der Waals surface area contributed by atoms with Crippen LogP contribution in [0.1, 0.15) is 31.2 Å². The number of aliphatic hydroxyl groups excluding tert-OH is 1. The summed E-state index contributed by atoms with van der Waals surface area (Å²) >= 11 is 7.40. The van der Waals surface area contributed by atoms with Crippen molar-refractivity contribution in [1.29, 1.82) is 0 Å². The van der Waals surface area contributed by atoms with Crippen LogP contribution in [0.5, 0.6) is 5.75 Å². The number of anilines is 1. The molecule has 0 radical (unpaired) electrons. The van der Waals surface area contributed by atoms with Crippen molar-refractivity contribution in [2.75, 3.05) is 4.90 Å². The van der Waals surface area contributed by atoms with Gasteiger partial charge in [0.15, 0.2) is 11.5 Å². The lowest BCUT2D eigenvalue weighted by atomic mass is 9.95. The van der Waals surface area contributed by atoms with Gasteiger partial charge in [0.1, 0.15) is 11.8 Å². The maximum Gasteiger partial charge on any atom is 0.294 e. The number of hydrogen-bond donors (Lipinski definition) is 2. The van der Waals surface area contributed by atoms with E-state index in [1.54, 1.807) is 12.1 Å². The largest absolute Gasteiger partial charge is 0.506 e. The lowest BCUT2D eigenvalue weighted by Crippen LogP contribution is -2.30. The Morgan fingerprint density at radius 3 is 2.65 bits per heavy atom. The minimum atomic E-state index is -0.793. The molecule has 0 aliphatic carbocycles. The molecule has 0 saturated heterocycles. The second-order valence-corrected chi connectivity index (χ2v) is 7.93. The molecule has 0 spiro atoms. The maximum absolute atomic E-state index is 12.8. The number of Topliss-reactive ketones (excluding diaryl/α,β-unsaturated/α-hetero) is 1. The fourth-order valence-electron chi connectivity index (χ4n) is 3.02. The number of carbonyl (C=O) groups excluding carboxylic acids is 2. The zero-order valence-electron chi connectivity index (χ0n) is 14.3. The van der Waals surface area contributed by atoms with Crippen LogP contribution in [0.4, 0.5) is 5.69 Å². The van der Waals surface area contributed by atoms with Crippen molar-refractivity contribution in [3.63, 3.8) is 0 Å². The fraction of sp³-hybridized carbons (Fsp3) is 0.263. The Bertz CT molecular complexity index is 889. The first kappa shape index (κ1) is 18.5. The van der Waals surface area contributed by atoms with Gasteiger partial charge in [0.25, 0.3) is 5.91 Å². The SMILES string of the molecule is CC(C)CC(=O)C1=C(O)C(=O)N(c2cc(Cl)ccc2O)C1c1cccs1. The summed E-state index contributed by atoms with van der Waals surface area (Å²) in [6.07, 6.45) is 0.212. The van der Waals surface area contributed by atoms with Crippen LogP contribution in [0.3, 0.4) is 0 Å². The number of phenolic OH excluding ortho intramolecular Hbond substituents is 1. The molecule has 0 saturated carbocycles. The van der Waals surface area contributed by atoms with E-state index in [-0.39, 0.29) is 35.1 Å². The lowest BCUT2D eigenvalue weighted by Gasteiger charge is -2.26. The molecule has 1 aliphatic heterocycles. The van der Waals surface area contributed by atoms with Crippen LogP contribution in [0.15, 0.2) is 47.0 Å². The van der Waals surface area contributed by atoms with Crippen LogP contribution < -0.4 is 4.90 Å². The number of nitrogens with zero attached hydrogens (tertiary/aromatic N) is 1. The van der Waals surface area contributed by atoms with Crippen molar-refractivity contribution >= 4 is 40.3 Å². The molecule has 1 amide bonds. The second kappa shape index (κ2) is 7.13. The van der Waals surface area contributed by atoms with E-state index < -0.39 is 17.7 Å². The molecular formula is C19H18ClNO4S. The van der Waals surface area contributed by atoms with E-state index in [2.05, 4.69) is 0 Å². The number of amides is 1. The van der Waals surface area contributed by atoms with E-state index in [4.69, 9.17) is 11.6 Å². The summed E-state index contributed by atoms with van der Waals surface area (Å²) in [5.74, 6) is -1.67. The van der Waals surface area contributed by atoms with Gasteiger partial charge in [-0.05, 0) is 35.6 Å². The van der Waals surface area contributed by atoms with Crippen LogP contribution in [-0.4, -0.2) is 21.9 Å². The molecule has 1 aromatic carbocycles. The number of aliphatic hydroxyl groups is 1. The molecule has 7 heteroatoms. The van der Waals surface area contributed by atoms with E-state index in [1.807, 2.05) is 19.2 Å². The first-order chi connectivity index (χ1) is 12.3. The molecule has 1 atom stereocenters. The average molecular weight is 392 g/mol. The Morgan fingerprint density at radius 2 is 2.04 bits per heavy atom. The molecule has 1 unspecified atom stereocenters. The molecule has 1 aliphatic rings. The van der Waals surface area contributed by atoms with E-state index in [9.17, 15) is 19.8 Å². The Balaban J connectivity index is 2.15. The van der Waals surface area contributed by atoms with E-state index in [0.29, 0.717) is 9.90 Å². The van der Waals surface area contributed by atoms with Crippen LogP contribution in [0, 0.1) is 5.92 Å². The summed E-state index contributed by atoms with van der Waals surface area (Å²) in [6, 6.07) is 7.12. The lowest BCUT2D eigenvalue weighted by molar-refractivity contribution is -0.118. The molecule has 0 fully saturated rings. The number of aromatic hydroxyl groups is 1. The number of carbonyl (C=O) groups is 2. The third kappa shape index (κ3) is 3.22. The topological polar surface area (TPSA) is 77.8 Å². The van der Waals surface area contributed by atoms with Crippen LogP contribution in [0.2, 0.25) is 5.02 Å². The van der Waals surface area contributed by atoms with Gasteiger partial charge in [0, 0.05) is 16.3 Å². The number of ketones is 1. The summed E-state index contributed by atoms with van der Waals surface area (Å²) in [7, 11) is 0. The van der Waals surface area contributed by atoms with Gasteiger partial charge in [0.05, 0.1) is 11.3 Å². The molecule has 26 heavy (non-hydrogen) atoms. The van der Waals surface area contributed by atoms with Crippen molar-refractivity contribution in [3.8, 4) is 5.75 Å². The standard InChI is InChI=1S/C19H18ClNO4S/c1-10(2)8-14(23)16-17(15-4-3-7-26-15)21(19(25)18(16)24)12-9-11(20)5-6-13(12)22/h3-7,9-10,17,22,24H,8H2,1-2H3. The van der Waals surface area contributed by atoms with Crippen molar-refractivity contribution in [2.24, 2.45) is 5.92 Å². The van der Waals surface area contributed by atoms with E-state index >= 15 is 0 Å². The molecular weight excluding hydrogens is 374 g/mol. The molecule has 136 valence electrons. The van der Waals surface area contributed by atoms with Crippen molar-refractivity contribution in [1.82, 2.24) is 0 Å². The van der Waals surface area contributed by atoms with Crippen LogP contribution >= 0.6 is 22.9 Å². The average Bonchev–Trinajstić information content (AvgIpc) is 3.17. The number of halogens is 1. The molecule has 2 heterocycles. The first-order valence-electron chi connectivity index (χ1n) is 8.13. The van der Waals surface area contributed by atoms with Crippen molar-refractivity contribution < 1.29 is 19.8 Å². The zero-order chi connectivity index (χ0) is 19.0. The summed E-state index contributed by atoms with van der Waals surface area (Å²) in [4.78, 5) is 27.5. The Labute approximate surface area is 160 Å². The zero-order valence-corrected chi connectivity index (χ0v) is 15.8. The maximum atomic E-state index is 12.8. The van der Waals surface area contributed by atoms with Crippen molar-refractivity contribution in [3.05, 3.63) is 56.9 Å². The highest BCUT2D eigenvalue weighted by atomic mass is 35.5. The van der Waals surface area contributed by atoms with Gasteiger partial charge in [-0.25, -0.2) is 0 Å². The minimum absolute atomic E-state index is 0.0607. The predicted octanol–water partition coefficient (Wildman–Crippen LogP) is 4.62. The highest BCUT2D eigenvalue weighted by molar-refractivity contribution is 7.10. The monoisotopic (exact) mass is 391 g/mol. The van der Waals surface area contributed by atoms with Crippen LogP contribution in [-0.2, 0) is 9.59 Å². The first-order valence-corrected chi connectivity index (χ1v) is 9.38. The Kier molecular flexibility index (Phi) is 5.07. The number of benzene rings is 1. The van der Waals surface area contributed by atoms with Crippen molar-refractivity contribution in [2.45, 2.75) is 26.3 Å². The smallest absolute Gasteiger partial charge is 0.294 e. The van der Waals surface area contributed by atoms with E-state index in [1.165, 1.54) is 34.4 Å². The summed E-state index contributed by atoms with van der Waals surface area (Å²) in [5, 5.41) is 22.9. The number of hydrogen-bond acceptors (Lipinski definition) is 5. The van der Waals surface area contributed by atoms with E-state index in [0.717, 1.165) is 0 Å². The Hall–Kier alpha value is -2.31. The van der Waals surface area contributed by atoms with Gasteiger partial charge in [0.2, 0.25) is 0 Å². The van der Waals surface area contributed by atoms with Crippen LogP contribution in [0.25, 0.3) is 0 Å². The van der Waals surface area contributed by atoms with Gasteiger partial charge in [-0.2, -0.15) is 0 Å². The highest BCUT2D eigenvalue weighted by Crippen LogP contribution is 2.46. The molecule has 5 nitrogen and oxygen atoms in total. The third-order valence-electron chi connectivity index (χ3n) is 4.11. The number of rotatable bonds is 5. The number of thiophene rings is 1. The summed E-state index contributed by atoms with van der Waals surface area (Å²) in [6.45, 7) is 3.79. The van der Waals surface area contributed by atoms with Gasteiger partial charge >= 0.3 is 0 Å². The van der Waals surface area contributed by atoms with Gasteiger partial charge in [-0.1, -0.05) is 31.5 Å². The molecule has 2 aromatic rings. The third-order valence-corrected chi connectivity index (χ3v) is 5.27. The molecule has 0 bridgehead atoms. The summed E-state index contributed by atoms with van der Waals surface area (Å²) < 4.78 is 0. The minimum Gasteiger partial charge on any atom is -0.506 e. The number of phenols is 1. The predicted molar refractivity (Wildman–Crippen MR) is 102 cm³/mol. The highest BCUT2D eigenvalue weighted by Gasteiger charge is 2.45. The summed E-state index contributed by atoms with van der Waals surface area (Å²) in [5.41, 5.74) is 0.213. The van der Waals surface area contributed by atoms with Gasteiger partial charge in [-0.15, -0.1) is 11.3 Å². The van der Waals surface area contributed by atoms with Gasteiger partial charge in [-0.3, -0.25) is 14.5 Å². The fourth-order valence-corrected chi connectivity index (χ4v) is 4.01. The quantitative estimate of drug-likeness (QED) is 0.779. The van der Waals surface area contributed by atoms with Gasteiger partial charge < -0.3 is 10.2 Å². The molecule has 3 rings (SSSR count). The normalized spacial score (nSPS) is 17.5.